The van der Waals surface area contributed by atoms with Crippen LogP contribution in [0, 0.1) is 13.8 Å². The summed E-state index contributed by atoms with van der Waals surface area (Å²) in [4.78, 5) is 4.13. The number of aromatic nitrogens is 1. The van der Waals surface area contributed by atoms with Crippen molar-refractivity contribution in [1.29, 1.82) is 0 Å². The van der Waals surface area contributed by atoms with Crippen molar-refractivity contribution < 1.29 is 4.74 Å². The molecule has 0 saturated heterocycles. The maximum absolute atomic E-state index is 5.99. The number of nitrogens with zero attached hydrogens (tertiary/aromatic N) is 1. The Balaban J connectivity index is 2.33. The molecule has 0 unspecified atom stereocenters. The van der Waals surface area contributed by atoms with E-state index in [1.54, 1.807) is 6.20 Å². The Labute approximate surface area is 112 Å². The largest absolute Gasteiger partial charge is 0.457 e. The van der Waals surface area contributed by atoms with Gasteiger partial charge in [-0.3, -0.25) is 4.98 Å². The molecule has 2 rings (SSSR count). The number of benzene rings is 1. The predicted octanol–water partition coefficient (Wildman–Crippen LogP) is 3.60. The van der Waals surface area contributed by atoms with Crippen LogP contribution in [-0.2, 0) is 6.54 Å². The molecule has 0 atom stereocenters. The maximum atomic E-state index is 5.99. The van der Waals surface area contributed by atoms with Crippen molar-refractivity contribution in [3.05, 3.63) is 52.3 Å². The first kappa shape index (κ1) is 12.9. The first-order valence-electron chi connectivity index (χ1n) is 5.69. The van der Waals surface area contributed by atoms with Crippen molar-refractivity contribution in [3.8, 4) is 11.5 Å². The van der Waals surface area contributed by atoms with Gasteiger partial charge in [-0.25, -0.2) is 0 Å². The van der Waals surface area contributed by atoms with E-state index in [1.165, 1.54) is 0 Å². The van der Waals surface area contributed by atoms with Gasteiger partial charge in [0.2, 0.25) is 0 Å². The van der Waals surface area contributed by atoms with E-state index in [2.05, 4.69) is 4.98 Å². The first-order valence-corrected chi connectivity index (χ1v) is 6.07. The SMILES string of the molecule is Cc1cc(Cl)cc(C)c1Oc1ccnc(CN)c1. The second kappa shape index (κ2) is 5.38. The highest BCUT2D eigenvalue weighted by atomic mass is 35.5. The third kappa shape index (κ3) is 2.81. The van der Waals surface area contributed by atoms with Gasteiger partial charge in [0.15, 0.2) is 0 Å². The lowest BCUT2D eigenvalue weighted by Crippen LogP contribution is -1.99. The van der Waals surface area contributed by atoms with Gasteiger partial charge in [-0.05, 0) is 43.2 Å². The van der Waals surface area contributed by atoms with E-state index >= 15 is 0 Å². The molecule has 1 aromatic heterocycles. The number of pyridine rings is 1. The molecule has 0 amide bonds. The van der Waals surface area contributed by atoms with E-state index in [4.69, 9.17) is 22.1 Å². The second-order valence-electron chi connectivity index (χ2n) is 4.16. The number of nitrogens with two attached hydrogens (primary N) is 1. The highest BCUT2D eigenvalue weighted by Gasteiger charge is 2.07. The lowest BCUT2D eigenvalue weighted by Gasteiger charge is -2.12. The lowest BCUT2D eigenvalue weighted by molar-refractivity contribution is 0.473. The molecule has 0 spiro atoms. The Hall–Kier alpha value is -1.58. The minimum Gasteiger partial charge on any atom is -0.457 e. The van der Waals surface area contributed by atoms with Gasteiger partial charge < -0.3 is 10.5 Å². The molecule has 0 aliphatic carbocycles. The van der Waals surface area contributed by atoms with Gasteiger partial charge >= 0.3 is 0 Å². The Kier molecular flexibility index (Phi) is 3.84. The van der Waals surface area contributed by atoms with Gasteiger partial charge in [0.1, 0.15) is 11.5 Å². The van der Waals surface area contributed by atoms with Gasteiger partial charge in [-0.2, -0.15) is 0 Å². The first-order chi connectivity index (χ1) is 8.60. The van der Waals surface area contributed by atoms with Crippen LogP contribution in [0.4, 0.5) is 0 Å². The summed E-state index contributed by atoms with van der Waals surface area (Å²) in [6.07, 6.45) is 1.69. The molecule has 0 aliphatic heterocycles. The number of hydrogen-bond acceptors (Lipinski definition) is 3. The second-order valence-corrected chi connectivity index (χ2v) is 4.59. The van der Waals surface area contributed by atoms with Crippen LogP contribution in [0.2, 0.25) is 5.02 Å². The number of rotatable bonds is 3. The maximum Gasteiger partial charge on any atom is 0.133 e. The zero-order valence-electron chi connectivity index (χ0n) is 10.4. The van der Waals surface area contributed by atoms with Crippen LogP contribution in [-0.4, -0.2) is 4.98 Å². The predicted molar refractivity (Wildman–Crippen MR) is 73.1 cm³/mol. The molecular formula is C14H15ClN2O. The third-order valence-electron chi connectivity index (χ3n) is 2.64. The number of halogens is 1. The number of aryl methyl sites for hydroxylation is 2. The fourth-order valence-electron chi connectivity index (χ4n) is 1.81. The molecule has 0 saturated carbocycles. The van der Waals surface area contributed by atoms with E-state index in [0.29, 0.717) is 6.54 Å². The van der Waals surface area contributed by atoms with Gasteiger partial charge in [-0.15, -0.1) is 0 Å². The molecule has 0 bridgehead atoms. The molecule has 1 aromatic carbocycles. The molecule has 4 heteroatoms. The Bertz CT molecular complexity index is 546. The molecule has 2 N–H and O–H groups in total. The molecular weight excluding hydrogens is 248 g/mol. The highest BCUT2D eigenvalue weighted by molar-refractivity contribution is 6.30. The van der Waals surface area contributed by atoms with Crippen LogP contribution >= 0.6 is 11.6 Å². The molecule has 18 heavy (non-hydrogen) atoms. The average Bonchev–Trinajstić information content (AvgIpc) is 2.34. The summed E-state index contributed by atoms with van der Waals surface area (Å²) in [5.74, 6) is 1.56. The average molecular weight is 263 g/mol. The molecule has 1 heterocycles. The molecule has 94 valence electrons. The summed E-state index contributed by atoms with van der Waals surface area (Å²) in [5, 5.41) is 0.717. The van der Waals surface area contributed by atoms with Crippen molar-refractivity contribution in [3.63, 3.8) is 0 Å². The zero-order valence-corrected chi connectivity index (χ0v) is 11.2. The molecule has 0 fully saturated rings. The molecule has 0 radical (unpaired) electrons. The summed E-state index contributed by atoms with van der Waals surface area (Å²) in [7, 11) is 0. The lowest BCUT2D eigenvalue weighted by atomic mass is 10.1. The van der Waals surface area contributed by atoms with Crippen LogP contribution < -0.4 is 10.5 Å². The molecule has 3 nitrogen and oxygen atoms in total. The summed E-state index contributed by atoms with van der Waals surface area (Å²) in [6.45, 7) is 4.34. The summed E-state index contributed by atoms with van der Waals surface area (Å²) < 4.78 is 5.88. The topological polar surface area (TPSA) is 48.1 Å². The third-order valence-corrected chi connectivity index (χ3v) is 2.86. The van der Waals surface area contributed by atoms with E-state index < -0.39 is 0 Å². The highest BCUT2D eigenvalue weighted by Crippen LogP contribution is 2.31. The fraction of sp³-hybridized carbons (Fsp3) is 0.214. The fourth-order valence-corrected chi connectivity index (χ4v) is 2.13. The quantitative estimate of drug-likeness (QED) is 0.919. The number of ether oxygens (including phenoxy) is 1. The van der Waals surface area contributed by atoms with Crippen molar-refractivity contribution in [2.45, 2.75) is 20.4 Å². The van der Waals surface area contributed by atoms with Crippen molar-refractivity contribution in [2.24, 2.45) is 5.73 Å². The Morgan fingerprint density at radius 1 is 1.22 bits per heavy atom. The standard InChI is InChI=1S/C14H15ClN2O/c1-9-5-11(15)6-10(2)14(9)18-13-3-4-17-12(7-13)8-16/h3-7H,8,16H2,1-2H3. The van der Waals surface area contributed by atoms with Gasteiger partial charge in [0, 0.05) is 23.8 Å². The normalized spacial score (nSPS) is 10.4. The van der Waals surface area contributed by atoms with Crippen LogP contribution in [0.15, 0.2) is 30.5 Å². The van der Waals surface area contributed by atoms with E-state index in [-0.39, 0.29) is 0 Å². The summed E-state index contributed by atoms with van der Waals surface area (Å²) in [6, 6.07) is 7.42. The monoisotopic (exact) mass is 262 g/mol. The van der Waals surface area contributed by atoms with E-state index in [1.807, 2.05) is 38.1 Å². The summed E-state index contributed by atoms with van der Waals surface area (Å²) in [5.41, 5.74) is 8.37. The van der Waals surface area contributed by atoms with E-state index in [9.17, 15) is 0 Å². The zero-order chi connectivity index (χ0) is 13.1. The van der Waals surface area contributed by atoms with Crippen molar-refractivity contribution in [2.75, 3.05) is 0 Å². The van der Waals surface area contributed by atoms with Crippen LogP contribution in [0.5, 0.6) is 11.5 Å². The molecule has 2 aromatic rings. The summed E-state index contributed by atoms with van der Waals surface area (Å²) >= 11 is 5.99. The van der Waals surface area contributed by atoms with E-state index in [0.717, 1.165) is 33.3 Å². The Morgan fingerprint density at radius 3 is 2.50 bits per heavy atom. The van der Waals surface area contributed by atoms with Crippen LogP contribution in [0.1, 0.15) is 16.8 Å². The molecule has 0 aliphatic rings. The van der Waals surface area contributed by atoms with Crippen LogP contribution in [0.25, 0.3) is 0 Å². The minimum atomic E-state index is 0.399. The van der Waals surface area contributed by atoms with Gasteiger partial charge in [0.25, 0.3) is 0 Å². The minimum absolute atomic E-state index is 0.399. The van der Waals surface area contributed by atoms with Crippen LogP contribution in [0.3, 0.4) is 0 Å². The number of hydrogen-bond donors (Lipinski definition) is 1. The Morgan fingerprint density at radius 2 is 1.89 bits per heavy atom. The van der Waals surface area contributed by atoms with Gasteiger partial charge in [-0.1, -0.05) is 11.6 Å². The van der Waals surface area contributed by atoms with Crippen molar-refractivity contribution >= 4 is 11.6 Å². The van der Waals surface area contributed by atoms with Gasteiger partial charge in [0.05, 0.1) is 5.69 Å². The van der Waals surface area contributed by atoms with Crippen molar-refractivity contribution in [1.82, 2.24) is 4.98 Å². The smallest absolute Gasteiger partial charge is 0.133 e.